The lowest BCUT2D eigenvalue weighted by atomic mass is 10.1. The number of hydrogen-bond acceptors (Lipinski definition) is 6. The maximum Gasteiger partial charge on any atom is 0.253 e. The van der Waals surface area contributed by atoms with Crippen molar-refractivity contribution in [1.29, 1.82) is 0 Å². The van der Waals surface area contributed by atoms with Crippen molar-refractivity contribution in [1.82, 2.24) is 19.0 Å². The number of rotatable bonds is 6. The molecule has 33 heavy (non-hydrogen) atoms. The van der Waals surface area contributed by atoms with E-state index in [-0.39, 0.29) is 28.5 Å². The van der Waals surface area contributed by atoms with E-state index in [2.05, 4.69) is 4.90 Å². The van der Waals surface area contributed by atoms with Crippen molar-refractivity contribution in [3.63, 3.8) is 0 Å². The fraction of sp³-hybridized carbons (Fsp3) is 0.652. The Bertz CT molecular complexity index is 966. The average molecular weight is 481 g/mol. The quantitative estimate of drug-likeness (QED) is 0.613. The number of carbonyl (C=O) groups excluding carboxylic acids is 2. The molecule has 0 spiro atoms. The van der Waals surface area contributed by atoms with Gasteiger partial charge in [0.05, 0.1) is 13.7 Å². The van der Waals surface area contributed by atoms with Crippen molar-refractivity contribution in [2.24, 2.45) is 0 Å². The van der Waals surface area contributed by atoms with Gasteiger partial charge in [-0.15, -0.1) is 0 Å². The molecule has 2 fully saturated rings. The third-order valence-electron chi connectivity index (χ3n) is 6.47. The standard InChI is InChI=1S/C23H36N4O5S/c1-18-8-5-6-13-27(18)33(30,31)21-16-19(9-10-20(21)32-4)23(29)26-12-7-11-25(14-15-26)17-22(28)24(2)3/h9-10,16,18H,5-8,11-15,17H2,1-4H3. The molecule has 0 aromatic heterocycles. The monoisotopic (exact) mass is 480 g/mol. The summed E-state index contributed by atoms with van der Waals surface area (Å²) in [7, 11) is 1.11. The van der Waals surface area contributed by atoms with Crippen molar-refractivity contribution in [3.8, 4) is 5.75 Å². The summed E-state index contributed by atoms with van der Waals surface area (Å²) in [6.45, 7) is 5.09. The Morgan fingerprint density at radius 2 is 1.82 bits per heavy atom. The van der Waals surface area contributed by atoms with Crippen molar-refractivity contribution < 1.29 is 22.7 Å². The van der Waals surface area contributed by atoms with Crippen LogP contribution in [0, 0.1) is 0 Å². The van der Waals surface area contributed by atoms with Crippen LogP contribution >= 0.6 is 0 Å². The van der Waals surface area contributed by atoms with Gasteiger partial charge in [-0.05, 0) is 44.4 Å². The summed E-state index contributed by atoms with van der Waals surface area (Å²) in [4.78, 5) is 30.7. The number of ether oxygens (including phenoxy) is 1. The van der Waals surface area contributed by atoms with Crippen LogP contribution in [0.3, 0.4) is 0 Å². The number of likely N-dealkylation sites (N-methyl/N-ethyl adjacent to an activating group) is 1. The van der Waals surface area contributed by atoms with Gasteiger partial charge in [0.1, 0.15) is 10.6 Å². The number of amides is 2. The lowest BCUT2D eigenvalue weighted by molar-refractivity contribution is -0.129. The smallest absolute Gasteiger partial charge is 0.253 e. The summed E-state index contributed by atoms with van der Waals surface area (Å²) in [5.74, 6) is 0.0712. The van der Waals surface area contributed by atoms with Crippen molar-refractivity contribution in [2.75, 3.05) is 60.5 Å². The van der Waals surface area contributed by atoms with E-state index in [1.165, 1.54) is 17.5 Å². The Hall–Kier alpha value is -2.17. The normalized spacial score (nSPS) is 20.8. The summed E-state index contributed by atoms with van der Waals surface area (Å²) in [6, 6.07) is 4.55. The minimum atomic E-state index is -3.79. The van der Waals surface area contributed by atoms with Crippen molar-refractivity contribution in [2.45, 2.75) is 43.5 Å². The molecule has 1 atom stereocenters. The molecule has 2 aliphatic heterocycles. The van der Waals surface area contributed by atoms with E-state index >= 15 is 0 Å². The van der Waals surface area contributed by atoms with Crippen molar-refractivity contribution >= 4 is 21.8 Å². The first-order valence-corrected chi connectivity index (χ1v) is 13.0. The number of methoxy groups -OCH3 is 1. The van der Waals surface area contributed by atoms with Gasteiger partial charge in [-0.2, -0.15) is 4.31 Å². The molecule has 10 heteroatoms. The molecule has 2 heterocycles. The second-order valence-electron chi connectivity index (χ2n) is 9.04. The fourth-order valence-corrected chi connectivity index (χ4v) is 6.30. The van der Waals surface area contributed by atoms with Crippen LogP contribution in [0.1, 0.15) is 43.0 Å². The van der Waals surface area contributed by atoms with Gasteiger partial charge in [0.25, 0.3) is 5.91 Å². The van der Waals surface area contributed by atoms with Gasteiger partial charge < -0.3 is 14.5 Å². The Balaban J connectivity index is 1.79. The largest absolute Gasteiger partial charge is 0.495 e. The Labute approximate surface area is 197 Å². The number of piperidine rings is 1. The number of hydrogen-bond donors (Lipinski definition) is 0. The molecular weight excluding hydrogens is 444 g/mol. The predicted octanol–water partition coefficient (Wildman–Crippen LogP) is 1.49. The minimum Gasteiger partial charge on any atom is -0.495 e. The molecule has 0 bridgehead atoms. The molecule has 2 saturated heterocycles. The second kappa shape index (κ2) is 10.8. The molecule has 9 nitrogen and oxygen atoms in total. The molecule has 0 radical (unpaired) electrons. The molecule has 3 rings (SSSR count). The third-order valence-corrected chi connectivity index (χ3v) is 8.51. The van der Waals surface area contributed by atoms with Crippen LogP contribution in [-0.4, -0.2) is 106 Å². The Kier molecular flexibility index (Phi) is 8.36. The van der Waals surface area contributed by atoms with E-state index < -0.39 is 10.0 Å². The highest BCUT2D eigenvalue weighted by Gasteiger charge is 2.34. The van der Waals surface area contributed by atoms with Gasteiger partial charge >= 0.3 is 0 Å². The van der Waals surface area contributed by atoms with E-state index in [4.69, 9.17) is 4.74 Å². The highest BCUT2D eigenvalue weighted by molar-refractivity contribution is 7.89. The fourth-order valence-electron chi connectivity index (χ4n) is 4.41. The number of nitrogens with zero attached hydrogens (tertiary/aromatic N) is 4. The van der Waals surface area contributed by atoms with Gasteiger partial charge in [0, 0.05) is 58.4 Å². The van der Waals surface area contributed by atoms with Crippen LogP contribution in [0.5, 0.6) is 5.75 Å². The van der Waals surface area contributed by atoms with Gasteiger partial charge in [0.15, 0.2) is 0 Å². The minimum absolute atomic E-state index is 0.0340. The first kappa shape index (κ1) is 25.5. The van der Waals surface area contributed by atoms with E-state index in [1.807, 2.05) is 6.92 Å². The zero-order valence-electron chi connectivity index (χ0n) is 20.1. The molecule has 0 aliphatic carbocycles. The summed E-state index contributed by atoms with van der Waals surface area (Å²) in [5, 5.41) is 0. The molecule has 2 aliphatic rings. The maximum atomic E-state index is 13.5. The van der Waals surface area contributed by atoms with Gasteiger partial charge in [0.2, 0.25) is 15.9 Å². The molecule has 0 N–H and O–H groups in total. The van der Waals surface area contributed by atoms with Crippen molar-refractivity contribution in [3.05, 3.63) is 23.8 Å². The van der Waals surface area contributed by atoms with Gasteiger partial charge in [-0.1, -0.05) is 6.42 Å². The van der Waals surface area contributed by atoms with Crippen LogP contribution in [0.4, 0.5) is 0 Å². The van der Waals surface area contributed by atoms with Crippen LogP contribution < -0.4 is 4.74 Å². The van der Waals surface area contributed by atoms with Gasteiger partial charge in [-0.3, -0.25) is 14.5 Å². The van der Waals surface area contributed by atoms with Crippen LogP contribution in [0.2, 0.25) is 0 Å². The zero-order chi connectivity index (χ0) is 24.2. The predicted molar refractivity (Wildman–Crippen MR) is 126 cm³/mol. The first-order valence-electron chi connectivity index (χ1n) is 11.6. The van der Waals surface area contributed by atoms with E-state index in [0.717, 1.165) is 32.2 Å². The molecular formula is C23H36N4O5S. The highest BCUT2D eigenvalue weighted by atomic mass is 32.2. The molecule has 184 valence electrons. The number of sulfonamides is 1. The summed E-state index contributed by atoms with van der Waals surface area (Å²) in [6.07, 6.45) is 3.40. The maximum absolute atomic E-state index is 13.5. The summed E-state index contributed by atoms with van der Waals surface area (Å²) >= 11 is 0. The Morgan fingerprint density at radius 1 is 1.06 bits per heavy atom. The highest BCUT2D eigenvalue weighted by Crippen LogP contribution is 2.32. The summed E-state index contributed by atoms with van der Waals surface area (Å²) in [5.41, 5.74) is 0.330. The summed E-state index contributed by atoms with van der Waals surface area (Å²) < 4.78 is 33.8. The molecule has 2 amide bonds. The molecule has 1 aromatic rings. The topological polar surface area (TPSA) is 90.5 Å². The van der Waals surface area contributed by atoms with Crippen LogP contribution in [0.15, 0.2) is 23.1 Å². The van der Waals surface area contributed by atoms with Crippen LogP contribution in [-0.2, 0) is 14.8 Å². The second-order valence-corrected chi connectivity index (χ2v) is 10.9. The van der Waals surface area contributed by atoms with E-state index in [1.54, 1.807) is 36.0 Å². The third kappa shape index (κ3) is 5.85. The molecule has 1 unspecified atom stereocenters. The zero-order valence-corrected chi connectivity index (χ0v) is 20.9. The molecule has 1 aromatic carbocycles. The lowest BCUT2D eigenvalue weighted by Gasteiger charge is -2.32. The number of benzene rings is 1. The van der Waals surface area contributed by atoms with Gasteiger partial charge in [-0.25, -0.2) is 8.42 Å². The Morgan fingerprint density at radius 3 is 2.48 bits per heavy atom. The molecule has 0 saturated carbocycles. The lowest BCUT2D eigenvalue weighted by Crippen LogP contribution is -2.42. The number of carbonyl (C=O) groups is 2. The van der Waals surface area contributed by atoms with Crippen LogP contribution in [0.25, 0.3) is 0 Å². The first-order chi connectivity index (χ1) is 15.6. The SMILES string of the molecule is COc1ccc(C(=O)N2CCCN(CC(=O)N(C)C)CC2)cc1S(=O)(=O)N1CCCCC1C. The average Bonchev–Trinajstić information content (AvgIpc) is 3.03. The van der Waals surface area contributed by atoms with E-state index in [9.17, 15) is 18.0 Å². The van der Waals surface area contributed by atoms with E-state index in [0.29, 0.717) is 38.3 Å².